The first-order chi connectivity index (χ1) is 10.3. The summed E-state index contributed by atoms with van der Waals surface area (Å²) >= 11 is 0. The van der Waals surface area contributed by atoms with E-state index in [2.05, 4.69) is 21.6 Å². The zero-order valence-electron chi connectivity index (χ0n) is 13.0. The maximum Gasteiger partial charge on any atom is 0.319 e. The van der Waals surface area contributed by atoms with Gasteiger partial charge in [0.05, 0.1) is 0 Å². The van der Waals surface area contributed by atoms with Gasteiger partial charge in [0.2, 0.25) is 0 Å². The summed E-state index contributed by atoms with van der Waals surface area (Å²) in [6.45, 7) is 6.22. The van der Waals surface area contributed by atoms with Gasteiger partial charge < -0.3 is 15.5 Å². The number of hydrogen-bond donors (Lipinski definition) is 2. The molecule has 1 fully saturated rings. The molecule has 0 spiro atoms. The number of rotatable bonds is 6. The number of carbonyl (C=O) groups excluding carboxylic acids is 1. The highest BCUT2D eigenvalue weighted by atomic mass is 16.2. The Bertz CT molecular complexity index is 441. The van der Waals surface area contributed by atoms with Gasteiger partial charge in [-0.3, -0.25) is 0 Å². The Labute approximate surface area is 127 Å². The van der Waals surface area contributed by atoms with E-state index in [1.165, 1.54) is 37.9 Å². The number of aryl methyl sites for hydroxylation is 1. The number of urea groups is 1. The van der Waals surface area contributed by atoms with Crippen LogP contribution in [-0.2, 0) is 6.42 Å². The monoisotopic (exact) mass is 289 g/mol. The number of likely N-dealkylation sites (tertiary alicyclic amines) is 1. The van der Waals surface area contributed by atoms with Gasteiger partial charge in [-0.05, 0) is 63.9 Å². The second-order valence-electron chi connectivity index (χ2n) is 5.65. The maximum atomic E-state index is 11.7. The fourth-order valence-electron chi connectivity index (χ4n) is 2.86. The summed E-state index contributed by atoms with van der Waals surface area (Å²) in [6, 6.07) is 7.97. The van der Waals surface area contributed by atoms with Crippen LogP contribution in [0.3, 0.4) is 0 Å². The standard InChI is InChI=1S/C17H27N3O/c1-2-18-17(21)19-16-11-5-4-9-15(16)10-8-14-20-12-6-3-7-13-20/h4-5,9,11H,2-3,6-8,10,12-14H2,1H3,(H2,18,19,21). The number of piperidine rings is 1. The molecule has 21 heavy (non-hydrogen) atoms. The van der Waals surface area contributed by atoms with Crippen molar-refractivity contribution in [3.63, 3.8) is 0 Å². The van der Waals surface area contributed by atoms with Crippen LogP contribution >= 0.6 is 0 Å². The Morgan fingerprint density at radius 3 is 2.71 bits per heavy atom. The van der Waals surface area contributed by atoms with Crippen LogP contribution in [0.25, 0.3) is 0 Å². The topological polar surface area (TPSA) is 44.4 Å². The molecule has 1 saturated heterocycles. The van der Waals surface area contributed by atoms with Gasteiger partial charge in [0.25, 0.3) is 0 Å². The van der Waals surface area contributed by atoms with Crippen LogP contribution in [0.5, 0.6) is 0 Å². The van der Waals surface area contributed by atoms with Gasteiger partial charge in [0.1, 0.15) is 0 Å². The van der Waals surface area contributed by atoms with Crippen LogP contribution < -0.4 is 10.6 Å². The average Bonchev–Trinajstić information content (AvgIpc) is 2.50. The largest absolute Gasteiger partial charge is 0.338 e. The molecular weight excluding hydrogens is 262 g/mol. The van der Waals surface area contributed by atoms with Crippen molar-refractivity contribution < 1.29 is 4.79 Å². The number of hydrogen-bond acceptors (Lipinski definition) is 2. The molecule has 1 heterocycles. The van der Waals surface area contributed by atoms with E-state index in [0.717, 1.165) is 25.1 Å². The van der Waals surface area contributed by atoms with E-state index in [4.69, 9.17) is 0 Å². The minimum absolute atomic E-state index is 0.124. The van der Waals surface area contributed by atoms with Crippen molar-refractivity contribution in [3.8, 4) is 0 Å². The molecule has 0 bridgehead atoms. The minimum Gasteiger partial charge on any atom is -0.338 e. The molecule has 0 aliphatic carbocycles. The van der Waals surface area contributed by atoms with Gasteiger partial charge in [-0.1, -0.05) is 24.6 Å². The molecule has 0 radical (unpaired) electrons. The lowest BCUT2D eigenvalue weighted by Gasteiger charge is -2.26. The van der Waals surface area contributed by atoms with Crippen LogP contribution in [0.4, 0.5) is 10.5 Å². The zero-order valence-corrected chi connectivity index (χ0v) is 13.0. The molecule has 0 atom stereocenters. The van der Waals surface area contributed by atoms with Gasteiger partial charge in [0, 0.05) is 12.2 Å². The average molecular weight is 289 g/mol. The summed E-state index contributed by atoms with van der Waals surface area (Å²) in [5.41, 5.74) is 2.16. The molecule has 4 heteroatoms. The molecule has 0 aromatic heterocycles. The zero-order chi connectivity index (χ0) is 14.9. The van der Waals surface area contributed by atoms with Gasteiger partial charge in [-0.25, -0.2) is 4.79 Å². The molecule has 2 amide bonds. The van der Waals surface area contributed by atoms with Crippen molar-refractivity contribution >= 4 is 11.7 Å². The SMILES string of the molecule is CCNC(=O)Nc1ccccc1CCCN1CCCCC1. The second kappa shape index (κ2) is 8.67. The first-order valence-corrected chi connectivity index (χ1v) is 8.14. The van der Waals surface area contributed by atoms with Crippen LogP contribution in [0.15, 0.2) is 24.3 Å². The molecule has 1 aliphatic rings. The van der Waals surface area contributed by atoms with Gasteiger partial charge in [0.15, 0.2) is 0 Å². The van der Waals surface area contributed by atoms with E-state index in [1.54, 1.807) is 0 Å². The highest BCUT2D eigenvalue weighted by Gasteiger charge is 2.10. The Kier molecular flexibility index (Phi) is 6.54. The molecule has 0 saturated carbocycles. The van der Waals surface area contributed by atoms with Crippen LogP contribution in [0.2, 0.25) is 0 Å². The molecule has 2 N–H and O–H groups in total. The van der Waals surface area contributed by atoms with Crippen LogP contribution in [0.1, 0.15) is 38.2 Å². The first kappa shape index (κ1) is 15.8. The summed E-state index contributed by atoms with van der Waals surface area (Å²) in [7, 11) is 0. The Morgan fingerprint density at radius 2 is 1.95 bits per heavy atom. The highest BCUT2D eigenvalue weighted by molar-refractivity contribution is 5.90. The fraction of sp³-hybridized carbons (Fsp3) is 0.588. The molecule has 4 nitrogen and oxygen atoms in total. The summed E-state index contributed by atoms with van der Waals surface area (Å²) < 4.78 is 0. The van der Waals surface area contributed by atoms with E-state index in [9.17, 15) is 4.79 Å². The van der Waals surface area contributed by atoms with Crippen molar-refractivity contribution in [1.29, 1.82) is 0 Å². The van der Waals surface area contributed by atoms with Gasteiger partial charge >= 0.3 is 6.03 Å². The summed E-state index contributed by atoms with van der Waals surface area (Å²) in [4.78, 5) is 14.2. The van der Waals surface area contributed by atoms with Crippen molar-refractivity contribution in [2.75, 3.05) is 31.5 Å². The van der Waals surface area contributed by atoms with E-state index in [0.29, 0.717) is 6.54 Å². The maximum absolute atomic E-state index is 11.7. The van der Waals surface area contributed by atoms with Crippen molar-refractivity contribution in [2.24, 2.45) is 0 Å². The summed E-state index contributed by atoms with van der Waals surface area (Å²) in [5.74, 6) is 0. The smallest absolute Gasteiger partial charge is 0.319 e. The molecule has 1 aromatic carbocycles. The first-order valence-electron chi connectivity index (χ1n) is 8.14. The molecule has 0 unspecified atom stereocenters. The van der Waals surface area contributed by atoms with Gasteiger partial charge in [-0.15, -0.1) is 0 Å². The number of nitrogens with one attached hydrogen (secondary N) is 2. The van der Waals surface area contributed by atoms with E-state index < -0.39 is 0 Å². The van der Waals surface area contributed by atoms with Crippen LogP contribution in [-0.4, -0.2) is 37.1 Å². The molecule has 2 rings (SSSR count). The number of para-hydroxylation sites is 1. The number of carbonyl (C=O) groups is 1. The number of nitrogens with zero attached hydrogens (tertiary/aromatic N) is 1. The lowest BCUT2D eigenvalue weighted by molar-refractivity contribution is 0.226. The Hall–Kier alpha value is -1.55. The third-order valence-electron chi connectivity index (χ3n) is 3.97. The Balaban J connectivity index is 1.82. The lowest BCUT2D eigenvalue weighted by atomic mass is 10.1. The quantitative estimate of drug-likeness (QED) is 0.844. The third kappa shape index (κ3) is 5.38. The van der Waals surface area contributed by atoms with Crippen LogP contribution in [0, 0.1) is 0 Å². The summed E-state index contributed by atoms with van der Waals surface area (Å²) in [5, 5.41) is 5.71. The normalized spacial score (nSPS) is 15.7. The minimum atomic E-state index is -0.124. The molecule has 1 aromatic rings. The van der Waals surface area contributed by atoms with E-state index in [1.807, 2.05) is 25.1 Å². The van der Waals surface area contributed by atoms with E-state index >= 15 is 0 Å². The molecule has 116 valence electrons. The Morgan fingerprint density at radius 1 is 1.19 bits per heavy atom. The summed E-state index contributed by atoms with van der Waals surface area (Å²) in [6.07, 6.45) is 6.23. The number of amides is 2. The van der Waals surface area contributed by atoms with Crippen molar-refractivity contribution in [2.45, 2.75) is 39.0 Å². The number of anilines is 1. The predicted octanol–water partition coefficient (Wildman–Crippen LogP) is 3.25. The van der Waals surface area contributed by atoms with Gasteiger partial charge in [-0.2, -0.15) is 0 Å². The lowest BCUT2D eigenvalue weighted by Crippen LogP contribution is -2.31. The van der Waals surface area contributed by atoms with Crippen molar-refractivity contribution in [1.82, 2.24) is 10.2 Å². The molecule has 1 aliphatic heterocycles. The highest BCUT2D eigenvalue weighted by Crippen LogP contribution is 2.17. The predicted molar refractivity (Wildman–Crippen MR) is 87.7 cm³/mol. The van der Waals surface area contributed by atoms with Crippen molar-refractivity contribution in [3.05, 3.63) is 29.8 Å². The molecular formula is C17H27N3O. The van der Waals surface area contributed by atoms with E-state index in [-0.39, 0.29) is 6.03 Å². The second-order valence-corrected chi connectivity index (χ2v) is 5.65. The third-order valence-corrected chi connectivity index (χ3v) is 3.97. The number of benzene rings is 1. The fourth-order valence-corrected chi connectivity index (χ4v) is 2.86.